The third-order valence-electron chi connectivity index (χ3n) is 7.08. The molecular formula is C39H42O7. The average molecular weight is 623 g/mol. The Hall–Kier alpha value is -5.17. The van der Waals surface area contributed by atoms with Crippen molar-refractivity contribution in [2.24, 2.45) is 0 Å². The van der Waals surface area contributed by atoms with Gasteiger partial charge in [-0.1, -0.05) is 72.8 Å². The minimum absolute atomic E-state index is 0.376. The lowest BCUT2D eigenvalue weighted by molar-refractivity contribution is -0.150. The van der Waals surface area contributed by atoms with Crippen LogP contribution in [0.1, 0.15) is 48.9 Å². The molecule has 0 amide bonds. The first kappa shape index (κ1) is 33.7. The Balaban J connectivity index is 1.90. The van der Waals surface area contributed by atoms with Crippen molar-refractivity contribution in [3.05, 3.63) is 125 Å². The van der Waals surface area contributed by atoms with Crippen molar-refractivity contribution in [1.82, 2.24) is 0 Å². The number of methoxy groups -OCH3 is 4. The lowest BCUT2D eigenvalue weighted by atomic mass is 9.88. The molecule has 0 fully saturated rings. The van der Waals surface area contributed by atoms with Gasteiger partial charge < -0.3 is 28.4 Å². The average Bonchev–Trinajstić information content (AvgIpc) is 3.06. The van der Waals surface area contributed by atoms with E-state index in [-0.39, 0.29) is 0 Å². The van der Waals surface area contributed by atoms with Crippen LogP contribution in [-0.2, 0) is 16.1 Å². The quantitative estimate of drug-likeness (QED) is 0.109. The highest BCUT2D eigenvalue weighted by Crippen LogP contribution is 2.43. The number of para-hydroxylation sites is 1. The Kier molecular flexibility index (Phi) is 11.5. The number of carbonyl (C=O) groups excluding carboxylic acids is 1. The fourth-order valence-electron chi connectivity index (χ4n) is 4.84. The summed E-state index contributed by atoms with van der Waals surface area (Å²) in [5, 5.41) is 0. The van der Waals surface area contributed by atoms with E-state index >= 15 is 0 Å². The number of allylic oxidation sites excluding steroid dienone is 1. The summed E-state index contributed by atoms with van der Waals surface area (Å²) in [5.41, 5.74) is 3.08. The highest BCUT2D eigenvalue weighted by atomic mass is 16.6. The molecule has 4 aromatic carbocycles. The van der Waals surface area contributed by atoms with Gasteiger partial charge in [-0.3, -0.25) is 0 Å². The Labute approximate surface area is 272 Å². The Morgan fingerprint density at radius 2 is 1.37 bits per heavy atom. The fraction of sp³-hybridized carbons (Fsp3) is 0.256. The molecule has 0 saturated carbocycles. The summed E-state index contributed by atoms with van der Waals surface area (Å²) in [4.78, 5) is 14.1. The standard InChI is InChI=1S/C39H42O7/c1-39(2,3)46-38(40)33(23-29-15-11-12-16-34(29)45-26-28-13-9-8-10-14-28)32(22-19-27-17-20-31(41-4)21-18-27)30-24-35(42-5)37(44-7)36(25-30)43-6/h8-25,32H,26H2,1-7H3/b22-19+,33-23-. The lowest BCUT2D eigenvalue weighted by Gasteiger charge is -2.25. The van der Waals surface area contributed by atoms with Crippen LogP contribution in [0.2, 0.25) is 0 Å². The van der Waals surface area contributed by atoms with E-state index in [9.17, 15) is 4.79 Å². The Morgan fingerprint density at radius 1 is 0.739 bits per heavy atom. The van der Waals surface area contributed by atoms with E-state index in [1.807, 2.05) is 130 Å². The van der Waals surface area contributed by atoms with Gasteiger partial charge in [-0.25, -0.2) is 4.79 Å². The Morgan fingerprint density at radius 3 is 1.96 bits per heavy atom. The molecule has 0 aliphatic heterocycles. The summed E-state index contributed by atoms with van der Waals surface area (Å²) in [6, 6.07) is 28.9. The number of hydrogen-bond donors (Lipinski definition) is 0. The number of hydrogen-bond acceptors (Lipinski definition) is 7. The number of rotatable bonds is 13. The van der Waals surface area contributed by atoms with Crippen LogP contribution in [0.25, 0.3) is 12.2 Å². The largest absolute Gasteiger partial charge is 0.497 e. The van der Waals surface area contributed by atoms with E-state index in [1.165, 1.54) is 0 Å². The van der Waals surface area contributed by atoms with E-state index in [0.29, 0.717) is 35.2 Å². The molecule has 0 radical (unpaired) electrons. The van der Waals surface area contributed by atoms with Crippen LogP contribution in [0.15, 0.2) is 103 Å². The number of esters is 1. The first-order chi connectivity index (χ1) is 22.1. The molecule has 4 aromatic rings. The van der Waals surface area contributed by atoms with Crippen LogP contribution >= 0.6 is 0 Å². The van der Waals surface area contributed by atoms with E-state index in [1.54, 1.807) is 28.4 Å². The third-order valence-corrected chi connectivity index (χ3v) is 7.08. The first-order valence-electron chi connectivity index (χ1n) is 15.0. The summed E-state index contributed by atoms with van der Waals surface area (Å²) in [7, 11) is 6.31. The fourth-order valence-corrected chi connectivity index (χ4v) is 4.84. The molecule has 0 N–H and O–H groups in total. The van der Waals surface area contributed by atoms with E-state index in [0.717, 1.165) is 28.0 Å². The zero-order chi connectivity index (χ0) is 33.1. The predicted molar refractivity (Wildman–Crippen MR) is 182 cm³/mol. The molecule has 0 saturated heterocycles. The van der Waals surface area contributed by atoms with E-state index < -0.39 is 17.5 Å². The van der Waals surface area contributed by atoms with Gasteiger partial charge in [0.25, 0.3) is 0 Å². The molecule has 240 valence electrons. The molecule has 0 heterocycles. The molecule has 0 aliphatic carbocycles. The molecule has 4 rings (SSSR count). The highest BCUT2D eigenvalue weighted by molar-refractivity contribution is 5.97. The van der Waals surface area contributed by atoms with E-state index in [4.69, 9.17) is 28.4 Å². The van der Waals surface area contributed by atoms with Crippen LogP contribution in [-0.4, -0.2) is 40.0 Å². The summed E-state index contributed by atoms with van der Waals surface area (Å²) in [5.74, 6) is 1.71. The highest BCUT2D eigenvalue weighted by Gasteiger charge is 2.28. The first-order valence-corrected chi connectivity index (χ1v) is 15.0. The van der Waals surface area contributed by atoms with Gasteiger partial charge in [-0.05, 0) is 73.9 Å². The third kappa shape index (κ3) is 8.94. The zero-order valence-corrected chi connectivity index (χ0v) is 27.5. The maximum absolute atomic E-state index is 14.1. The molecule has 0 aliphatic rings. The van der Waals surface area contributed by atoms with Gasteiger partial charge in [0.1, 0.15) is 23.7 Å². The van der Waals surface area contributed by atoms with Gasteiger partial charge in [0, 0.05) is 17.1 Å². The summed E-state index contributed by atoms with van der Waals surface area (Å²) in [6.07, 6.45) is 5.76. The number of benzene rings is 4. The van der Waals surface area contributed by atoms with E-state index in [2.05, 4.69) is 0 Å². The normalized spacial score (nSPS) is 12.4. The topological polar surface area (TPSA) is 72.5 Å². The monoisotopic (exact) mass is 622 g/mol. The van der Waals surface area contributed by atoms with Crippen LogP contribution in [0, 0.1) is 0 Å². The van der Waals surface area contributed by atoms with Gasteiger partial charge in [0.15, 0.2) is 11.5 Å². The molecular weight excluding hydrogens is 580 g/mol. The maximum Gasteiger partial charge on any atom is 0.335 e. The van der Waals surface area contributed by atoms with Gasteiger partial charge in [0.05, 0.1) is 28.4 Å². The maximum atomic E-state index is 14.1. The molecule has 46 heavy (non-hydrogen) atoms. The number of carbonyl (C=O) groups is 1. The second-order valence-electron chi connectivity index (χ2n) is 11.5. The summed E-state index contributed by atoms with van der Waals surface area (Å²) in [6.45, 7) is 5.92. The molecule has 0 bridgehead atoms. The molecule has 0 aromatic heterocycles. The predicted octanol–water partition coefficient (Wildman–Crippen LogP) is 8.52. The molecule has 7 nitrogen and oxygen atoms in total. The van der Waals surface area contributed by atoms with Crippen molar-refractivity contribution in [3.8, 4) is 28.7 Å². The molecule has 1 atom stereocenters. The molecule has 1 unspecified atom stereocenters. The minimum Gasteiger partial charge on any atom is -0.497 e. The lowest BCUT2D eigenvalue weighted by Crippen LogP contribution is -2.26. The van der Waals surface area contributed by atoms with Crippen molar-refractivity contribution in [1.29, 1.82) is 0 Å². The minimum atomic E-state index is -0.737. The van der Waals surface area contributed by atoms with Crippen molar-refractivity contribution in [3.63, 3.8) is 0 Å². The van der Waals surface area contributed by atoms with Crippen molar-refractivity contribution >= 4 is 18.1 Å². The molecule has 7 heteroatoms. The summed E-state index contributed by atoms with van der Waals surface area (Å²) >= 11 is 0. The van der Waals surface area contributed by atoms with Gasteiger partial charge >= 0.3 is 5.97 Å². The van der Waals surface area contributed by atoms with Crippen LogP contribution < -0.4 is 23.7 Å². The van der Waals surface area contributed by atoms with Crippen molar-refractivity contribution in [2.45, 2.75) is 38.9 Å². The second-order valence-corrected chi connectivity index (χ2v) is 11.5. The van der Waals surface area contributed by atoms with Crippen molar-refractivity contribution in [2.75, 3.05) is 28.4 Å². The Bertz CT molecular complexity index is 1620. The van der Waals surface area contributed by atoms with Gasteiger partial charge in [-0.15, -0.1) is 0 Å². The molecule has 0 spiro atoms. The second kappa shape index (κ2) is 15.7. The summed E-state index contributed by atoms with van der Waals surface area (Å²) < 4.78 is 34.6. The van der Waals surface area contributed by atoms with Gasteiger partial charge in [-0.2, -0.15) is 0 Å². The smallest absolute Gasteiger partial charge is 0.335 e. The van der Waals surface area contributed by atoms with Crippen LogP contribution in [0.5, 0.6) is 28.7 Å². The van der Waals surface area contributed by atoms with Gasteiger partial charge in [0.2, 0.25) is 5.75 Å². The number of ether oxygens (including phenoxy) is 6. The van der Waals surface area contributed by atoms with Crippen molar-refractivity contribution < 1.29 is 33.2 Å². The zero-order valence-electron chi connectivity index (χ0n) is 27.5. The van der Waals surface area contributed by atoms with Crippen LogP contribution in [0.4, 0.5) is 0 Å². The SMILES string of the molecule is COc1ccc(/C=C/C(/C(=C/c2ccccc2OCc2ccccc2)C(=O)OC(C)(C)C)c2cc(OC)c(OC)c(OC)c2)cc1. The van der Waals surface area contributed by atoms with Crippen LogP contribution in [0.3, 0.4) is 0 Å².